The van der Waals surface area contributed by atoms with Gasteiger partial charge in [-0.1, -0.05) is 6.92 Å². The minimum Gasteiger partial charge on any atom is -0.469 e. The topological polar surface area (TPSA) is 25.2 Å². The Morgan fingerprint density at radius 2 is 2.24 bits per heavy atom. The van der Waals surface area contributed by atoms with Crippen LogP contribution in [-0.2, 0) is 0 Å². The predicted octanol–water partition coefficient (Wildman–Crippen LogP) is 4.05. The van der Waals surface area contributed by atoms with Crippen molar-refractivity contribution in [1.29, 1.82) is 0 Å². The van der Waals surface area contributed by atoms with E-state index in [1.165, 1.54) is 16.0 Å². The van der Waals surface area contributed by atoms with Crippen molar-refractivity contribution in [2.24, 2.45) is 0 Å². The lowest BCUT2D eigenvalue weighted by Crippen LogP contribution is -2.22. The first-order valence-electron chi connectivity index (χ1n) is 6.04. The summed E-state index contributed by atoms with van der Waals surface area (Å²) in [4.78, 5) is 1.39. The summed E-state index contributed by atoms with van der Waals surface area (Å²) in [6.45, 7) is 7.36. The summed E-state index contributed by atoms with van der Waals surface area (Å²) >= 11 is 1.81. The molecule has 92 valence electrons. The highest BCUT2D eigenvalue weighted by molar-refractivity contribution is 7.10. The van der Waals surface area contributed by atoms with E-state index in [1.807, 2.05) is 24.5 Å². The fraction of sp³-hybridized carbons (Fsp3) is 0.429. The maximum absolute atomic E-state index is 5.43. The summed E-state index contributed by atoms with van der Waals surface area (Å²) in [6.07, 6.45) is 3.00. The molecule has 0 aromatic carbocycles. The van der Waals surface area contributed by atoms with Crippen LogP contribution in [0.25, 0.3) is 0 Å². The second kappa shape index (κ2) is 5.52. The Hall–Kier alpha value is -1.06. The summed E-state index contributed by atoms with van der Waals surface area (Å²) in [5, 5.41) is 5.74. The van der Waals surface area contributed by atoms with Crippen molar-refractivity contribution in [3.05, 3.63) is 45.5 Å². The average Bonchev–Trinajstić information content (AvgIpc) is 2.90. The SMILES string of the molecule is CCCNC(c1coc(C)c1)c1sccc1C. The molecule has 17 heavy (non-hydrogen) atoms. The van der Waals surface area contributed by atoms with Crippen LogP contribution in [0.1, 0.15) is 41.2 Å². The molecule has 0 radical (unpaired) electrons. The van der Waals surface area contributed by atoms with Crippen LogP contribution in [0.3, 0.4) is 0 Å². The first-order valence-corrected chi connectivity index (χ1v) is 6.92. The molecule has 2 aromatic heterocycles. The zero-order chi connectivity index (χ0) is 12.3. The van der Waals surface area contributed by atoms with E-state index in [-0.39, 0.29) is 6.04 Å². The maximum atomic E-state index is 5.43. The standard InChI is InChI=1S/C14H19NOS/c1-4-6-15-13(12-8-11(3)16-9-12)14-10(2)5-7-17-14/h5,7-9,13,15H,4,6H2,1-3H3. The quantitative estimate of drug-likeness (QED) is 0.865. The average molecular weight is 249 g/mol. The molecular formula is C14H19NOS. The van der Waals surface area contributed by atoms with Crippen molar-refractivity contribution in [3.8, 4) is 0 Å². The minimum atomic E-state index is 0.271. The maximum Gasteiger partial charge on any atom is 0.101 e. The number of furan rings is 1. The largest absolute Gasteiger partial charge is 0.469 e. The van der Waals surface area contributed by atoms with Crippen LogP contribution in [0.2, 0.25) is 0 Å². The van der Waals surface area contributed by atoms with E-state index in [2.05, 4.69) is 36.7 Å². The lowest BCUT2D eigenvalue weighted by atomic mass is 10.1. The van der Waals surface area contributed by atoms with Crippen molar-refractivity contribution < 1.29 is 4.42 Å². The van der Waals surface area contributed by atoms with Gasteiger partial charge in [-0.3, -0.25) is 0 Å². The zero-order valence-corrected chi connectivity index (χ0v) is 11.4. The molecule has 0 saturated carbocycles. The summed E-state index contributed by atoms with van der Waals surface area (Å²) < 4.78 is 5.43. The van der Waals surface area contributed by atoms with E-state index in [0.717, 1.165) is 18.7 Å². The van der Waals surface area contributed by atoms with Crippen molar-refractivity contribution in [3.63, 3.8) is 0 Å². The highest BCUT2D eigenvalue weighted by Gasteiger charge is 2.18. The fourth-order valence-corrected chi connectivity index (χ4v) is 2.97. The highest BCUT2D eigenvalue weighted by Crippen LogP contribution is 2.30. The van der Waals surface area contributed by atoms with Crippen LogP contribution >= 0.6 is 11.3 Å². The van der Waals surface area contributed by atoms with Gasteiger partial charge in [0.25, 0.3) is 0 Å². The molecule has 0 bridgehead atoms. The van der Waals surface area contributed by atoms with Gasteiger partial charge in [0.05, 0.1) is 12.3 Å². The molecule has 1 N–H and O–H groups in total. The monoisotopic (exact) mass is 249 g/mol. The summed E-state index contributed by atoms with van der Waals surface area (Å²) in [5.74, 6) is 0.970. The van der Waals surface area contributed by atoms with Crippen molar-refractivity contribution >= 4 is 11.3 Å². The fourth-order valence-electron chi connectivity index (χ4n) is 1.95. The Morgan fingerprint density at radius 3 is 2.76 bits per heavy atom. The first-order chi connectivity index (χ1) is 8.22. The molecule has 0 spiro atoms. The Bertz CT molecular complexity index is 472. The number of hydrogen-bond acceptors (Lipinski definition) is 3. The van der Waals surface area contributed by atoms with Crippen LogP contribution in [0, 0.1) is 13.8 Å². The van der Waals surface area contributed by atoms with Crippen LogP contribution in [0.4, 0.5) is 0 Å². The number of aryl methyl sites for hydroxylation is 2. The van der Waals surface area contributed by atoms with E-state index < -0.39 is 0 Å². The Kier molecular flexibility index (Phi) is 4.02. The molecule has 0 aliphatic rings. The number of nitrogens with one attached hydrogen (secondary N) is 1. The van der Waals surface area contributed by atoms with Gasteiger partial charge in [-0.05, 0) is 49.9 Å². The van der Waals surface area contributed by atoms with Crippen molar-refractivity contribution in [2.45, 2.75) is 33.2 Å². The Morgan fingerprint density at radius 1 is 1.41 bits per heavy atom. The second-order valence-electron chi connectivity index (χ2n) is 4.35. The van der Waals surface area contributed by atoms with Gasteiger partial charge in [0, 0.05) is 10.4 Å². The molecule has 0 amide bonds. The number of hydrogen-bond donors (Lipinski definition) is 1. The molecule has 1 atom stereocenters. The molecule has 2 nitrogen and oxygen atoms in total. The predicted molar refractivity (Wildman–Crippen MR) is 72.6 cm³/mol. The van der Waals surface area contributed by atoms with Crippen LogP contribution < -0.4 is 5.32 Å². The second-order valence-corrected chi connectivity index (χ2v) is 5.29. The molecule has 2 aromatic rings. The van der Waals surface area contributed by atoms with Gasteiger partial charge in [0.1, 0.15) is 5.76 Å². The summed E-state index contributed by atoms with van der Waals surface area (Å²) in [7, 11) is 0. The summed E-state index contributed by atoms with van der Waals surface area (Å²) in [5.41, 5.74) is 2.57. The molecule has 0 saturated heterocycles. The summed E-state index contributed by atoms with van der Waals surface area (Å²) in [6, 6.07) is 4.56. The van der Waals surface area contributed by atoms with Crippen molar-refractivity contribution in [1.82, 2.24) is 5.32 Å². The smallest absolute Gasteiger partial charge is 0.101 e. The van der Waals surface area contributed by atoms with E-state index >= 15 is 0 Å². The van der Waals surface area contributed by atoms with Crippen LogP contribution in [0.15, 0.2) is 28.2 Å². The minimum absolute atomic E-state index is 0.271. The molecule has 1 unspecified atom stereocenters. The molecular weight excluding hydrogens is 230 g/mol. The normalized spacial score (nSPS) is 12.9. The third-order valence-electron chi connectivity index (χ3n) is 2.85. The van der Waals surface area contributed by atoms with Gasteiger partial charge in [-0.15, -0.1) is 11.3 Å². The lowest BCUT2D eigenvalue weighted by Gasteiger charge is -2.16. The third-order valence-corrected chi connectivity index (χ3v) is 3.93. The van der Waals surface area contributed by atoms with Gasteiger partial charge in [0.15, 0.2) is 0 Å². The zero-order valence-electron chi connectivity index (χ0n) is 10.6. The van der Waals surface area contributed by atoms with Crippen LogP contribution in [0.5, 0.6) is 0 Å². The van der Waals surface area contributed by atoms with Crippen molar-refractivity contribution in [2.75, 3.05) is 6.54 Å². The van der Waals surface area contributed by atoms with E-state index in [9.17, 15) is 0 Å². The van der Waals surface area contributed by atoms with Gasteiger partial charge >= 0.3 is 0 Å². The van der Waals surface area contributed by atoms with E-state index in [1.54, 1.807) is 0 Å². The molecule has 2 heterocycles. The Labute approximate surface area is 107 Å². The van der Waals surface area contributed by atoms with E-state index in [4.69, 9.17) is 4.42 Å². The number of rotatable bonds is 5. The molecule has 0 aliphatic heterocycles. The van der Waals surface area contributed by atoms with Gasteiger partial charge in [-0.25, -0.2) is 0 Å². The lowest BCUT2D eigenvalue weighted by molar-refractivity contribution is 0.524. The van der Waals surface area contributed by atoms with Gasteiger partial charge in [0.2, 0.25) is 0 Å². The van der Waals surface area contributed by atoms with Gasteiger partial charge in [-0.2, -0.15) is 0 Å². The molecule has 2 rings (SSSR count). The third kappa shape index (κ3) is 2.79. The van der Waals surface area contributed by atoms with Gasteiger partial charge < -0.3 is 9.73 Å². The first kappa shape index (κ1) is 12.4. The molecule has 3 heteroatoms. The molecule has 0 fully saturated rings. The number of thiophene rings is 1. The van der Waals surface area contributed by atoms with Crippen LogP contribution in [-0.4, -0.2) is 6.54 Å². The highest BCUT2D eigenvalue weighted by atomic mass is 32.1. The van der Waals surface area contributed by atoms with E-state index in [0.29, 0.717) is 0 Å². The molecule has 0 aliphatic carbocycles. The Balaban J connectivity index is 2.28.